The SMILES string of the molecule is CC(C)(C)C(N)c1cc2ccc(Br)cc2o1. The second-order valence-corrected chi connectivity index (χ2v) is 6.09. The zero-order chi connectivity index (χ0) is 11.9. The van der Waals surface area contributed by atoms with Crippen molar-refractivity contribution in [1.29, 1.82) is 0 Å². The van der Waals surface area contributed by atoms with E-state index in [9.17, 15) is 0 Å². The van der Waals surface area contributed by atoms with Gasteiger partial charge in [0.25, 0.3) is 0 Å². The summed E-state index contributed by atoms with van der Waals surface area (Å²) in [7, 11) is 0. The van der Waals surface area contributed by atoms with Crippen LogP contribution >= 0.6 is 15.9 Å². The minimum Gasteiger partial charge on any atom is -0.459 e. The second-order valence-electron chi connectivity index (χ2n) is 5.17. The molecule has 1 heterocycles. The van der Waals surface area contributed by atoms with Crippen LogP contribution < -0.4 is 5.73 Å². The van der Waals surface area contributed by atoms with E-state index in [-0.39, 0.29) is 11.5 Å². The van der Waals surface area contributed by atoms with Gasteiger partial charge in [-0.05, 0) is 29.7 Å². The normalized spacial score (nSPS) is 14.3. The largest absolute Gasteiger partial charge is 0.459 e. The highest BCUT2D eigenvalue weighted by Crippen LogP contribution is 2.34. The first-order valence-corrected chi connectivity index (χ1v) is 6.12. The molecule has 0 bridgehead atoms. The molecule has 2 nitrogen and oxygen atoms in total. The highest BCUT2D eigenvalue weighted by molar-refractivity contribution is 9.10. The molecule has 1 atom stereocenters. The van der Waals surface area contributed by atoms with Crippen molar-refractivity contribution in [3.05, 3.63) is 34.5 Å². The molecule has 0 aliphatic carbocycles. The standard InChI is InChI=1S/C13H16BrNO/c1-13(2,3)12(15)11-6-8-4-5-9(14)7-10(8)16-11/h4-7,12H,15H2,1-3H3. The van der Waals surface area contributed by atoms with Crippen molar-refractivity contribution >= 4 is 26.9 Å². The van der Waals surface area contributed by atoms with Gasteiger partial charge in [0.05, 0.1) is 6.04 Å². The summed E-state index contributed by atoms with van der Waals surface area (Å²) in [5.41, 5.74) is 7.05. The van der Waals surface area contributed by atoms with Crippen LogP contribution in [-0.2, 0) is 0 Å². The van der Waals surface area contributed by atoms with Crippen LogP contribution in [0, 0.1) is 5.41 Å². The molecule has 0 radical (unpaired) electrons. The number of benzene rings is 1. The third-order valence-electron chi connectivity index (χ3n) is 2.74. The van der Waals surface area contributed by atoms with E-state index in [0.29, 0.717) is 0 Å². The average molecular weight is 282 g/mol. The molecule has 1 aromatic heterocycles. The fraction of sp³-hybridized carbons (Fsp3) is 0.385. The number of nitrogens with two attached hydrogens (primary N) is 1. The summed E-state index contributed by atoms with van der Waals surface area (Å²) < 4.78 is 6.80. The lowest BCUT2D eigenvalue weighted by Crippen LogP contribution is -2.25. The summed E-state index contributed by atoms with van der Waals surface area (Å²) in [5.74, 6) is 0.848. The maximum Gasteiger partial charge on any atom is 0.135 e. The minimum absolute atomic E-state index is 0.00507. The highest BCUT2D eigenvalue weighted by Gasteiger charge is 2.25. The summed E-state index contributed by atoms with van der Waals surface area (Å²) in [6.07, 6.45) is 0. The van der Waals surface area contributed by atoms with Crippen molar-refractivity contribution in [1.82, 2.24) is 0 Å². The van der Waals surface area contributed by atoms with Gasteiger partial charge in [0.2, 0.25) is 0 Å². The third-order valence-corrected chi connectivity index (χ3v) is 3.23. The Balaban J connectivity index is 2.47. The van der Waals surface area contributed by atoms with E-state index in [1.807, 2.05) is 24.3 Å². The average Bonchev–Trinajstić information content (AvgIpc) is 2.57. The monoisotopic (exact) mass is 281 g/mol. The molecule has 0 fully saturated rings. The van der Waals surface area contributed by atoms with Gasteiger partial charge in [0.15, 0.2) is 0 Å². The first kappa shape index (κ1) is 11.7. The summed E-state index contributed by atoms with van der Waals surface area (Å²) in [4.78, 5) is 0. The van der Waals surface area contributed by atoms with E-state index in [1.54, 1.807) is 0 Å². The molecule has 86 valence electrons. The molecule has 16 heavy (non-hydrogen) atoms. The smallest absolute Gasteiger partial charge is 0.135 e. The minimum atomic E-state index is -0.0846. The van der Waals surface area contributed by atoms with Gasteiger partial charge in [-0.25, -0.2) is 0 Å². The van der Waals surface area contributed by atoms with Gasteiger partial charge in [-0.3, -0.25) is 0 Å². The summed E-state index contributed by atoms with van der Waals surface area (Å²) in [6.45, 7) is 6.34. The number of hydrogen-bond donors (Lipinski definition) is 1. The van der Waals surface area contributed by atoms with Gasteiger partial charge in [-0.1, -0.05) is 36.7 Å². The number of hydrogen-bond acceptors (Lipinski definition) is 2. The maximum absolute atomic E-state index is 6.17. The van der Waals surface area contributed by atoms with Crippen molar-refractivity contribution in [2.75, 3.05) is 0 Å². The topological polar surface area (TPSA) is 39.2 Å². The van der Waals surface area contributed by atoms with Crippen LogP contribution in [0.25, 0.3) is 11.0 Å². The maximum atomic E-state index is 6.17. The molecule has 1 aromatic carbocycles. The van der Waals surface area contributed by atoms with Gasteiger partial charge in [-0.2, -0.15) is 0 Å². The molecule has 2 rings (SSSR count). The van der Waals surface area contributed by atoms with Crippen molar-refractivity contribution in [3.63, 3.8) is 0 Å². The molecule has 0 aliphatic rings. The van der Waals surface area contributed by atoms with Crippen LogP contribution in [0.1, 0.15) is 32.6 Å². The number of fused-ring (bicyclic) bond motifs is 1. The lowest BCUT2D eigenvalue weighted by molar-refractivity contribution is 0.290. The van der Waals surface area contributed by atoms with Crippen LogP contribution in [0.5, 0.6) is 0 Å². The van der Waals surface area contributed by atoms with Gasteiger partial charge < -0.3 is 10.2 Å². The first-order valence-electron chi connectivity index (χ1n) is 5.32. The van der Waals surface area contributed by atoms with Gasteiger partial charge in [-0.15, -0.1) is 0 Å². The summed E-state index contributed by atoms with van der Waals surface area (Å²) in [5, 5.41) is 1.10. The lowest BCUT2D eigenvalue weighted by atomic mass is 9.86. The molecule has 2 N–H and O–H groups in total. The van der Waals surface area contributed by atoms with E-state index >= 15 is 0 Å². The van der Waals surface area contributed by atoms with E-state index in [4.69, 9.17) is 10.2 Å². The summed E-state index contributed by atoms with van der Waals surface area (Å²) in [6, 6.07) is 7.94. The van der Waals surface area contributed by atoms with E-state index in [0.717, 1.165) is 21.2 Å². The lowest BCUT2D eigenvalue weighted by Gasteiger charge is -2.24. The van der Waals surface area contributed by atoms with Crippen LogP contribution in [0.3, 0.4) is 0 Å². The van der Waals surface area contributed by atoms with Crippen LogP contribution in [-0.4, -0.2) is 0 Å². The molecule has 0 saturated heterocycles. The molecule has 2 aromatic rings. The fourth-order valence-corrected chi connectivity index (χ4v) is 1.95. The third kappa shape index (κ3) is 2.15. The van der Waals surface area contributed by atoms with Crippen LogP contribution in [0.15, 0.2) is 33.2 Å². The van der Waals surface area contributed by atoms with Crippen LogP contribution in [0.4, 0.5) is 0 Å². The molecule has 1 unspecified atom stereocenters. The van der Waals surface area contributed by atoms with Crippen molar-refractivity contribution < 1.29 is 4.42 Å². The van der Waals surface area contributed by atoms with Crippen molar-refractivity contribution in [3.8, 4) is 0 Å². The second kappa shape index (κ2) is 3.90. The Kier molecular flexibility index (Phi) is 2.84. The fourth-order valence-electron chi connectivity index (χ4n) is 1.61. The Morgan fingerprint density at radius 3 is 2.56 bits per heavy atom. The zero-order valence-electron chi connectivity index (χ0n) is 9.75. The van der Waals surface area contributed by atoms with Crippen molar-refractivity contribution in [2.24, 2.45) is 11.1 Å². The zero-order valence-corrected chi connectivity index (χ0v) is 11.3. The Morgan fingerprint density at radius 1 is 1.25 bits per heavy atom. The Morgan fingerprint density at radius 2 is 1.94 bits per heavy atom. The van der Waals surface area contributed by atoms with E-state index in [1.165, 1.54) is 0 Å². The molecule has 0 saturated carbocycles. The summed E-state index contributed by atoms with van der Waals surface area (Å²) >= 11 is 3.43. The molecule has 0 amide bonds. The molecular formula is C13H16BrNO. The highest BCUT2D eigenvalue weighted by atomic mass is 79.9. The Hall–Kier alpha value is -0.800. The molecular weight excluding hydrogens is 266 g/mol. The van der Waals surface area contributed by atoms with Gasteiger partial charge in [0.1, 0.15) is 11.3 Å². The molecule has 0 aliphatic heterocycles. The number of furan rings is 1. The van der Waals surface area contributed by atoms with Gasteiger partial charge in [0, 0.05) is 9.86 Å². The van der Waals surface area contributed by atoms with E-state index in [2.05, 4.69) is 36.7 Å². The predicted octanol–water partition coefficient (Wildman–Crippen LogP) is 4.24. The quantitative estimate of drug-likeness (QED) is 0.849. The first-order chi connectivity index (χ1) is 7.38. The van der Waals surface area contributed by atoms with Gasteiger partial charge >= 0.3 is 0 Å². The predicted molar refractivity (Wildman–Crippen MR) is 70.3 cm³/mol. The molecule has 0 spiro atoms. The van der Waals surface area contributed by atoms with Crippen LogP contribution in [0.2, 0.25) is 0 Å². The number of rotatable bonds is 1. The number of halogens is 1. The molecule has 3 heteroatoms. The van der Waals surface area contributed by atoms with E-state index < -0.39 is 0 Å². The Labute approximate surface area is 104 Å². The van der Waals surface area contributed by atoms with Crippen molar-refractivity contribution in [2.45, 2.75) is 26.8 Å². The Bertz CT molecular complexity index is 510.